The summed E-state index contributed by atoms with van der Waals surface area (Å²) >= 11 is 0. The average molecular weight is 243 g/mol. The largest absolute Gasteiger partial charge is 0.461 e. The Labute approximate surface area is 98.4 Å². The van der Waals surface area contributed by atoms with E-state index in [4.69, 9.17) is 16.0 Å². The third kappa shape index (κ3) is 4.18. The molecule has 0 unspecified atom stereocenters. The highest BCUT2D eigenvalue weighted by Gasteiger charge is 2.05. The second-order valence-corrected chi connectivity index (χ2v) is 2.66. The van der Waals surface area contributed by atoms with E-state index >= 15 is 0 Å². The van der Waals surface area contributed by atoms with Crippen molar-refractivity contribution in [2.45, 2.75) is 0 Å². The Balaban J connectivity index is 0.00000225. The van der Waals surface area contributed by atoms with Crippen LogP contribution in [0, 0.1) is 0 Å². The second kappa shape index (κ2) is 7.53. The minimum Gasteiger partial charge on any atom is -0.461 e. The summed E-state index contributed by atoms with van der Waals surface area (Å²) in [6.45, 7) is 0.486. The number of nitrogens with two attached hydrogens (primary N) is 1. The second-order valence-electron chi connectivity index (χ2n) is 2.66. The van der Waals surface area contributed by atoms with Gasteiger partial charge in [-0.2, -0.15) is 0 Å². The van der Waals surface area contributed by atoms with E-state index in [1.807, 2.05) is 0 Å². The van der Waals surface area contributed by atoms with E-state index in [0.717, 1.165) is 0 Å². The maximum atomic E-state index is 11.3. The number of nitrogens with zero attached hydrogens (tertiary/aromatic N) is 3. The zero-order valence-electron chi connectivity index (χ0n) is 8.37. The smallest absolute Gasteiger partial charge is 0.338 e. The van der Waals surface area contributed by atoms with Crippen LogP contribution < -0.4 is 5.73 Å². The zero-order valence-corrected chi connectivity index (χ0v) is 9.18. The van der Waals surface area contributed by atoms with Gasteiger partial charge in [0.1, 0.15) is 6.61 Å². The first kappa shape index (κ1) is 14.2. The first-order valence-corrected chi connectivity index (χ1v) is 4.30. The van der Waals surface area contributed by atoms with Crippen LogP contribution in [0.15, 0.2) is 29.4 Å². The van der Waals surface area contributed by atoms with Gasteiger partial charge in [0.2, 0.25) is 0 Å². The van der Waals surface area contributed by atoms with E-state index in [1.54, 1.807) is 12.1 Å². The highest BCUT2D eigenvalue weighted by atomic mass is 35.5. The molecule has 0 amide bonds. The molecular formula is C9H11ClN4O2. The molecule has 7 heteroatoms. The molecule has 0 spiro atoms. The number of azide groups is 1. The Morgan fingerprint density at radius 1 is 1.44 bits per heavy atom. The van der Waals surface area contributed by atoms with E-state index in [1.165, 1.54) is 12.1 Å². The number of esters is 1. The number of hydrogen-bond donors (Lipinski definition) is 1. The van der Waals surface area contributed by atoms with E-state index < -0.39 is 5.97 Å². The number of rotatable bonds is 4. The van der Waals surface area contributed by atoms with Crippen LogP contribution in [0.1, 0.15) is 10.4 Å². The molecule has 0 aliphatic carbocycles. The van der Waals surface area contributed by atoms with Gasteiger partial charge in [-0.25, -0.2) is 4.79 Å². The van der Waals surface area contributed by atoms with Gasteiger partial charge in [-0.3, -0.25) is 0 Å². The number of hydrogen-bond acceptors (Lipinski definition) is 4. The molecule has 0 radical (unpaired) electrons. The number of halogens is 1. The van der Waals surface area contributed by atoms with Crippen LogP contribution in [0.4, 0.5) is 5.69 Å². The van der Waals surface area contributed by atoms with Crippen molar-refractivity contribution in [1.29, 1.82) is 0 Å². The lowest BCUT2D eigenvalue weighted by molar-refractivity contribution is 0.0517. The van der Waals surface area contributed by atoms with Gasteiger partial charge in [-0.05, 0) is 17.7 Å². The Bertz CT molecular complexity index is 387. The minimum atomic E-state index is -0.437. The SMILES string of the molecule is Cl.[N-]=[N+]=Nc1ccc(C(=O)OCCN)cc1. The third-order valence-electron chi connectivity index (χ3n) is 1.61. The molecule has 0 aromatic heterocycles. The van der Waals surface area contributed by atoms with Crippen molar-refractivity contribution in [1.82, 2.24) is 0 Å². The predicted molar refractivity (Wildman–Crippen MR) is 61.8 cm³/mol. The molecule has 1 aromatic carbocycles. The Morgan fingerprint density at radius 3 is 2.56 bits per heavy atom. The maximum absolute atomic E-state index is 11.3. The van der Waals surface area contributed by atoms with Gasteiger partial charge in [-0.1, -0.05) is 17.2 Å². The number of benzene rings is 1. The van der Waals surface area contributed by atoms with E-state index in [9.17, 15) is 4.79 Å². The van der Waals surface area contributed by atoms with Gasteiger partial charge in [-0.15, -0.1) is 12.4 Å². The van der Waals surface area contributed by atoms with Crippen molar-refractivity contribution in [3.8, 4) is 0 Å². The molecule has 0 aliphatic rings. The Morgan fingerprint density at radius 2 is 2.06 bits per heavy atom. The number of ether oxygens (including phenoxy) is 1. The quantitative estimate of drug-likeness (QED) is 0.379. The molecule has 0 saturated carbocycles. The molecule has 6 nitrogen and oxygen atoms in total. The summed E-state index contributed by atoms with van der Waals surface area (Å²) in [6.07, 6.45) is 0. The maximum Gasteiger partial charge on any atom is 0.338 e. The molecule has 0 atom stereocenters. The molecule has 1 rings (SSSR count). The van der Waals surface area contributed by atoms with Gasteiger partial charge < -0.3 is 10.5 Å². The van der Waals surface area contributed by atoms with E-state index in [2.05, 4.69) is 10.0 Å². The van der Waals surface area contributed by atoms with E-state index in [-0.39, 0.29) is 19.0 Å². The summed E-state index contributed by atoms with van der Waals surface area (Å²) in [5.41, 5.74) is 14.2. The highest BCUT2D eigenvalue weighted by molar-refractivity contribution is 5.89. The standard InChI is InChI=1S/C9H10N4O2.ClH/c10-5-6-15-9(14)7-1-3-8(4-2-7)12-13-11;/h1-4H,5-6,10H2;1H. The van der Waals surface area contributed by atoms with Crippen molar-refractivity contribution >= 4 is 24.1 Å². The summed E-state index contributed by atoms with van der Waals surface area (Å²) < 4.78 is 4.81. The van der Waals surface area contributed by atoms with Crippen LogP contribution in [-0.4, -0.2) is 19.1 Å². The molecule has 0 heterocycles. The van der Waals surface area contributed by atoms with E-state index in [0.29, 0.717) is 17.8 Å². The normalized spacial score (nSPS) is 8.56. The van der Waals surface area contributed by atoms with Gasteiger partial charge >= 0.3 is 5.97 Å². The molecule has 2 N–H and O–H groups in total. The van der Waals surface area contributed by atoms with Crippen LogP contribution in [0.25, 0.3) is 10.4 Å². The Hall–Kier alpha value is -1.75. The number of carbonyl (C=O) groups excluding carboxylic acids is 1. The molecule has 16 heavy (non-hydrogen) atoms. The number of carbonyl (C=O) groups is 1. The van der Waals surface area contributed by atoms with Crippen LogP contribution in [0.2, 0.25) is 0 Å². The lowest BCUT2D eigenvalue weighted by Crippen LogP contribution is -2.13. The minimum absolute atomic E-state index is 0. The molecule has 0 bridgehead atoms. The van der Waals surface area contributed by atoms with Crippen LogP contribution >= 0.6 is 12.4 Å². The third-order valence-corrected chi connectivity index (χ3v) is 1.61. The van der Waals surface area contributed by atoms with Crippen molar-refractivity contribution in [2.75, 3.05) is 13.2 Å². The zero-order chi connectivity index (χ0) is 11.1. The first-order chi connectivity index (χ1) is 7.27. The summed E-state index contributed by atoms with van der Waals surface area (Å²) in [5, 5.41) is 3.38. The lowest BCUT2D eigenvalue weighted by atomic mass is 10.2. The van der Waals surface area contributed by atoms with Crippen molar-refractivity contribution in [3.05, 3.63) is 40.3 Å². The summed E-state index contributed by atoms with van der Waals surface area (Å²) in [6, 6.07) is 6.14. The van der Waals surface area contributed by atoms with Gasteiger partial charge in [0.25, 0.3) is 0 Å². The van der Waals surface area contributed by atoms with Crippen molar-refractivity contribution in [2.24, 2.45) is 10.8 Å². The first-order valence-electron chi connectivity index (χ1n) is 4.30. The fraction of sp³-hybridized carbons (Fsp3) is 0.222. The van der Waals surface area contributed by atoms with Gasteiger partial charge in [0.05, 0.1) is 5.56 Å². The van der Waals surface area contributed by atoms with Crippen molar-refractivity contribution in [3.63, 3.8) is 0 Å². The summed E-state index contributed by atoms with van der Waals surface area (Å²) in [4.78, 5) is 13.9. The van der Waals surface area contributed by atoms with Gasteiger partial charge in [0, 0.05) is 17.1 Å². The molecule has 0 fully saturated rings. The predicted octanol–water partition coefficient (Wildman–Crippen LogP) is 2.17. The summed E-state index contributed by atoms with van der Waals surface area (Å²) in [7, 11) is 0. The summed E-state index contributed by atoms with van der Waals surface area (Å²) in [5.74, 6) is -0.437. The average Bonchev–Trinajstić information content (AvgIpc) is 2.27. The van der Waals surface area contributed by atoms with Crippen molar-refractivity contribution < 1.29 is 9.53 Å². The van der Waals surface area contributed by atoms with Gasteiger partial charge in [0.15, 0.2) is 0 Å². The Kier molecular flexibility index (Phi) is 6.71. The lowest BCUT2D eigenvalue weighted by Gasteiger charge is -2.02. The highest BCUT2D eigenvalue weighted by Crippen LogP contribution is 2.13. The monoisotopic (exact) mass is 242 g/mol. The molecule has 1 aromatic rings. The molecule has 86 valence electrons. The van der Waals surface area contributed by atoms with Crippen LogP contribution in [0.5, 0.6) is 0 Å². The molecule has 0 saturated heterocycles. The topological polar surface area (TPSA) is 101 Å². The molecular weight excluding hydrogens is 232 g/mol. The molecule has 0 aliphatic heterocycles. The fourth-order valence-corrected chi connectivity index (χ4v) is 0.951. The van der Waals surface area contributed by atoms with Crippen LogP contribution in [0.3, 0.4) is 0 Å². The van der Waals surface area contributed by atoms with Crippen LogP contribution in [-0.2, 0) is 4.74 Å². The fourth-order valence-electron chi connectivity index (χ4n) is 0.951.